The fourth-order valence-corrected chi connectivity index (χ4v) is 6.11. The van der Waals surface area contributed by atoms with Crippen LogP contribution >= 0.6 is 36.2 Å². The van der Waals surface area contributed by atoms with Gasteiger partial charge in [0.25, 0.3) is 5.91 Å². The minimum absolute atomic E-state index is 0.280. The summed E-state index contributed by atoms with van der Waals surface area (Å²) >= 11 is 7.62. The molecule has 2 aliphatic rings. The summed E-state index contributed by atoms with van der Waals surface area (Å²) in [5, 5.41) is 7.14. The second kappa shape index (κ2) is 7.99. The van der Waals surface area contributed by atoms with Gasteiger partial charge in [0.2, 0.25) is 12.3 Å². The van der Waals surface area contributed by atoms with E-state index in [2.05, 4.69) is 28.2 Å². The second-order valence-electron chi connectivity index (χ2n) is 7.71. The van der Waals surface area contributed by atoms with Gasteiger partial charge in [-0.15, -0.1) is 23.5 Å². The normalized spacial score (nSPS) is 28.5. The molecule has 0 saturated carbocycles. The van der Waals surface area contributed by atoms with E-state index in [1.165, 1.54) is 0 Å². The van der Waals surface area contributed by atoms with Crippen LogP contribution in [0.5, 0.6) is 0 Å². The molecule has 0 saturated heterocycles. The van der Waals surface area contributed by atoms with Gasteiger partial charge in [0.15, 0.2) is 5.69 Å². The predicted molar refractivity (Wildman–Crippen MR) is 122 cm³/mol. The molecule has 2 N–H and O–H groups in total. The molecule has 158 valence electrons. The smallest absolute Gasteiger partial charge is 0.273 e. The van der Waals surface area contributed by atoms with E-state index in [-0.39, 0.29) is 11.6 Å². The van der Waals surface area contributed by atoms with Crippen LogP contribution in [0.3, 0.4) is 0 Å². The van der Waals surface area contributed by atoms with Crippen molar-refractivity contribution in [3.63, 3.8) is 0 Å². The fraction of sp³-hybridized carbons (Fsp3) is 0.611. The number of rotatable bonds is 7. The summed E-state index contributed by atoms with van der Waals surface area (Å²) in [5.74, 6) is 2.44. The van der Waals surface area contributed by atoms with E-state index >= 15 is 0 Å². The summed E-state index contributed by atoms with van der Waals surface area (Å²) < 4.78 is 5.80. The molecule has 1 aromatic rings. The Kier molecular flexibility index (Phi) is 6.13. The van der Waals surface area contributed by atoms with Gasteiger partial charge in [0.05, 0.1) is 15.6 Å². The number of hydrogen-bond acceptors (Lipinski definition) is 9. The number of carbonyl (C=O) groups excluding carboxylic acids is 2. The highest BCUT2D eigenvalue weighted by atomic mass is 32.2. The minimum Gasteiger partial charge on any atom is -0.442 e. The van der Waals surface area contributed by atoms with Crippen molar-refractivity contribution in [2.75, 3.05) is 24.3 Å². The number of hydrogen-bond donors (Lipinski definition) is 3. The molecule has 0 radical (unpaired) electrons. The second-order valence-corrected chi connectivity index (χ2v) is 9.96. The molecule has 2 aliphatic heterocycles. The molecule has 2 amide bonds. The standard InChI is InChI=1S/C18H25N5O3S3/c1-10-11(12(25)19-5)21-13(26-10)17(3)7-28-15(22-17)18(4)8-29-14(23-18)16(2,6-27)20-9-24/h9,27H,6-8H2,1-5H3,(H,19,25)(H,20,24)/t16-,17-,18-/m0/s1. The van der Waals surface area contributed by atoms with Crippen molar-refractivity contribution in [2.45, 2.75) is 44.3 Å². The van der Waals surface area contributed by atoms with Gasteiger partial charge in [0.1, 0.15) is 16.8 Å². The number of nitrogens with zero attached hydrogens (tertiary/aromatic N) is 3. The Labute approximate surface area is 184 Å². The number of thiol groups is 1. The van der Waals surface area contributed by atoms with Gasteiger partial charge in [-0.2, -0.15) is 12.6 Å². The van der Waals surface area contributed by atoms with Crippen molar-refractivity contribution in [3.8, 4) is 0 Å². The topological polar surface area (TPSA) is 109 Å². The third kappa shape index (κ3) is 3.96. The van der Waals surface area contributed by atoms with Crippen molar-refractivity contribution in [1.82, 2.24) is 15.6 Å². The van der Waals surface area contributed by atoms with Gasteiger partial charge >= 0.3 is 0 Å². The van der Waals surface area contributed by atoms with Crippen molar-refractivity contribution < 1.29 is 14.0 Å². The molecule has 0 aliphatic carbocycles. The first kappa shape index (κ1) is 22.2. The fourth-order valence-electron chi connectivity index (χ4n) is 3.03. The van der Waals surface area contributed by atoms with E-state index in [4.69, 9.17) is 14.4 Å². The first-order valence-electron chi connectivity index (χ1n) is 9.09. The van der Waals surface area contributed by atoms with E-state index in [0.717, 1.165) is 15.8 Å². The van der Waals surface area contributed by atoms with Crippen molar-refractivity contribution in [1.29, 1.82) is 0 Å². The monoisotopic (exact) mass is 455 g/mol. The molecule has 1 aromatic heterocycles. The largest absolute Gasteiger partial charge is 0.442 e. The number of carbonyl (C=O) groups is 2. The van der Waals surface area contributed by atoms with Crippen LogP contribution in [0, 0.1) is 6.92 Å². The Morgan fingerprint density at radius 2 is 2.00 bits per heavy atom. The summed E-state index contributed by atoms with van der Waals surface area (Å²) in [6.07, 6.45) is 0.683. The maximum absolute atomic E-state index is 12.0. The van der Waals surface area contributed by atoms with Crippen LogP contribution in [0.15, 0.2) is 14.4 Å². The highest BCUT2D eigenvalue weighted by Crippen LogP contribution is 2.44. The number of oxazole rings is 1. The van der Waals surface area contributed by atoms with E-state index in [1.807, 2.05) is 20.8 Å². The van der Waals surface area contributed by atoms with Gasteiger partial charge in [-0.05, 0) is 27.7 Å². The van der Waals surface area contributed by atoms with Crippen LogP contribution in [0.1, 0.15) is 42.9 Å². The molecule has 3 atom stereocenters. The van der Waals surface area contributed by atoms with Crippen LogP contribution in [0.2, 0.25) is 0 Å². The van der Waals surface area contributed by atoms with Crippen LogP contribution < -0.4 is 10.6 Å². The van der Waals surface area contributed by atoms with E-state index in [9.17, 15) is 9.59 Å². The highest BCUT2D eigenvalue weighted by molar-refractivity contribution is 8.16. The molecule has 3 heterocycles. The third-order valence-corrected chi connectivity index (χ3v) is 8.67. The van der Waals surface area contributed by atoms with Gasteiger partial charge in [-0.3, -0.25) is 19.6 Å². The van der Waals surface area contributed by atoms with E-state index in [1.54, 1.807) is 37.5 Å². The number of aromatic nitrogens is 1. The molecule has 8 nitrogen and oxygen atoms in total. The Hall–Kier alpha value is -1.46. The van der Waals surface area contributed by atoms with Crippen LogP contribution in [-0.2, 0) is 10.3 Å². The van der Waals surface area contributed by atoms with Crippen LogP contribution in [-0.4, -0.2) is 62.8 Å². The summed E-state index contributed by atoms with van der Waals surface area (Å²) in [6, 6.07) is 0. The lowest BCUT2D eigenvalue weighted by Crippen LogP contribution is -2.49. The lowest BCUT2D eigenvalue weighted by atomic mass is 10.0. The Morgan fingerprint density at radius 1 is 1.31 bits per heavy atom. The van der Waals surface area contributed by atoms with Gasteiger partial charge in [-0.25, -0.2) is 4.98 Å². The molecule has 0 unspecified atom stereocenters. The Bertz CT molecular complexity index is 901. The van der Waals surface area contributed by atoms with E-state index in [0.29, 0.717) is 29.6 Å². The number of amides is 2. The lowest BCUT2D eigenvalue weighted by molar-refractivity contribution is -0.110. The summed E-state index contributed by atoms with van der Waals surface area (Å²) in [7, 11) is 1.56. The predicted octanol–water partition coefficient (Wildman–Crippen LogP) is 2.04. The molecule has 11 heteroatoms. The van der Waals surface area contributed by atoms with Crippen LogP contribution in [0.25, 0.3) is 0 Å². The van der Waals surface area contributed by atoms with Gasteiger partial charge in [0, 0.05) is 24.3 Å². The number of nitrogens with one attached hydrogen (secondary N) is 2. The minimum atomic E-state index is -0.670. The number of aryl methyl sites for hydroxylation is 1. The zero-order valence-electron chi connectivity index (χ0n) is 17.0. The van der Waals surface area contributed by atoms with Crippen molar-refractivity contribution >= 4 is 58.6 Å². The first-order valence-corrected chi connectivity index (χ1v) is 11.7. The first-order chi connectivity index (χ1) is 13.6. The average Bonchev–Trinajstić information content (AvgIpc) is 3.40. The molecule has 29 heavy (non-hydrogen) atoms. The molecular weight excluding hydrogens is 430 g/mol. The lowest BCUT2D eigenvalue weighted by Gasteiger charge is -2.26. The Morgan fingerprint density at radius 3 is 2.62 bits per heavy atom. The quantitative estimate of drug-likeness (QED) is 0.429. The van der Waals surface area contributed by atoms with Crippen molar-refractivity contribution in [3.05, 3.63) is 17.3 Å². The maximum Gasteiger partial charge on any atom is 0.273 e. The molecule has 0 aromatic carbocycles. The van der Waals surface area contributed by atoms with E-state index < -0.39 is 16.6 Å². The summed E-state index contributed by atoms with van der Waals surface area (Å²) in [5.41, 5.74) is -1.49. The highest BCUT2D eigenvalue weighted by Gasteiger charge is 2.47. The SMILES string of the molecule is CNC(=O)c1nc([C@]2(C)CSC([C@]3(C)CSC([C@](C)(CS)NC=O)=N3)=N2)oc1C. The summed E-state index contributed by atoms with van der Waals surface area (Å²) in [4.78, 5) is 37.3. The number of aliphatic imine (C=N–C) groups is 2. The molecule has 3 rings (SSSR count). The zero-order chi connectivity index (χ0) is 21.4. The van der Waals surface area contributed by atoms with Gasteiger partial charge < -0.3 is 15.1 Å². The molecule has 0 fully saturated rings. The maximum atomic E-state index is 12.0. The summed E-state index contributed by atoms with van der Waals surface area (Å²) in [6.45, 7) is 7.63. The zero-order valence-corrected chi connectivity index (χ0v) is 19.6. The third-order valence-electron chi connectivity index (χ3n) is 5.00. The van der Waals surface area contributed by atoms with Gasteiger partial charge in [-0.1, -0.05) is 0 Å². The number of thioether (sulfide) groups is 2. The molecule has 0 spiro atoms. The van der Waals surface area contributed by atoms with Crippen LogP contribution in [0.4, 0.5) is 0 Å². The molecular formula is C18H25N5O3S3. The Balaban J connectivity index is 1.91. The molecule has 0 bridgehead atoms. The van der Waals surface area contributed by atoms with Crippen molar-refractivity contribution in [2.24, 2.45) is 9.98 Å². The average molecular weight is 456 g/mol.